The van der Waals surface area contributed by atoms with Crippen molar-refractivity contribution >= 4 is 23.5 Å². The van der Waals surface area contributed by atoms with E-state index < -0.39 is 23.1 Å². The van der Waals surface area contributed by atoms with Gasteiger partial charge in [0.2, 0.25) is 5.91 Å². The predicted octanol–water partition coefficient (Wildman–Crippen LogP) is 3.19. The minimum atomic E-state index is -0.636. The molecule has 3 N–H and O–H groups in total. The zero-order valence-corrected chi connectivity index (χ0v) is 24.7. The van der Waals surface area contributed by atoms with Crippen LogP contribution in [0.2, 0.25) is 0 Å². The molecule has 2 fully saturated rings. The van der Waals surface area contributed by atoms with Crippen molar-refractivity contribution in [3.8, 4) is 0 Å². The van der Waals surface area contributed by atoms with Crippen LogP contribution in [-0.4, -0.2) is 79.8 Å². The highest BCUT2D eigenvalue weighted by molar-refractivity contribution is 5.94. The number of amides is 1. The van der Waals surface area contributed by atoms with Gasteiger partial charge >= 0.3 is 11.9 Å². The molecule has 39 heavy (non-hydrogen) atoms. The molecule has 218 valence electrons. The van der Waals surface area contributed by atoms with Gasteiger partial charge < -0.3 is 25.4 Å². The molecule has 2 saturated heterocycles. The summed E-state index contributed by atoms with van der Waals surface area (Å²) in [6.45, 7) is 14.7. The highest BCUT2D eigenvalue weighted by Gasteiger charge is 2.36. The third-order valence-corrected chi connectivity index (χ3v) is 8.22. The molecule has 0 aromatic heterocycles. The van der Waals surface area contributed by atoms with E-state index in [1.54, 1.807) is 0 Å². The number of para-hydroxylation sites is 1. The molecule has 0 bridgehead atoms. The number of aryl methyl sites for hydroxylation is 2. The van der Waals surface area contributed by atoms with Gasteiger partial charge in [-0.05, 0) is 105 Å². The first-order valence-corrected chi connectivity index (χ1v) is 14.3. The van der Waals surface area contributed by atoms with Crippen molar-refractivity contribution in [2.75, 3.05) is 51.1 Å². The highest BCUT2D eigenvalue weighted by Crippen LogP contribution is 2.30. The van der Waals surface area contributed by atoms with Gasteiger partial charge in [-0.15, -0.1) is 0 Å². The molecular formula is C30H48N4O5. The Kier molecular flexibility index (Phi) is 10.9. The van der Waals surface area contributed by atoms with Crippen LogP contribution < -0.4 is 16.0 Å². The smallest absolute Gasteiger partial charge is 0.320 e. The molecule has 0 unspecified atom stereocenters. The molecule has 2 aliphatic heterocycles. The Balaban J connectivity index is 1.67. The Bertz CT molecular complexity index is 931. The maximum absolute atomic E-state index is 13.1. The van der Waals surface area contributed by atoms with Crippen LogP contribution in [0.5, 0.6) is 0 Å². The van der Waals surface area contributed by atoms with Crippen LogP contribution in [0.4, 0.5) is 5.69 Å². The summed E-state index contributed by atoms with van der Waals surface area (Å²) in [5, 5.41) is 9.63. The number of nitrogens with zero attached hydrogens (tertiary/aromatic N) is 1. The van der Waals surface area contributed by atoms with Gasteiger partial charge in [0, 0.05) is 17.5 Å². The minimum absolute atomic E-state index is 0.139. The van der Waals surface area contributed by atoms with Crippen LogP contribution in [-0.2, 0) is 23.9 Å². The van der Waals surface area contributed by atoms with Crippen LogP contribution in [0.3, 0.4) is 0 Å². The van der Waals surface area contributed by atoms with Crippen LogP contribution >= 0.6 is 0 Å². The first kappa shape index (κ1) is 31.0. The lowest BCUT2D eigenvalue weighted by Crippen LogP contribution is -2.48. The van der Waals surface area contributed by atoms with Crippen molar-refractivity contribution in [1.29, 1.82) is 0 Å². The van der Waals surface area contributed by atoms with Crippen LogP contribution in [0.15, 0.2) is 18.2 Å². The van der Waals surface area contributed by atoms with Gasteiger partial charge in [0.15, 0.2) is 0 Å². The number of nitrogens with one attached hydrogen (secondary N) is 3. The Morgan fingerprint density at radius 2 is 1.21 bits per heavy atom. The molecule has 2 heterocycles. The molecule has 2 aliphatic rings. The van der Waals surface area contributed by atoms with E-state index in [9.17, 15) is 14.4 Å². The number of piperidine rings is 2. The summed E-state index contributed by atoms with van der Waals surface area (Å²) in [4.78, 5) is 40.8. The Labute approximate surface area is 233 Å². The summed E-state index contributed by atoms with van der Waals surface area (Å²) in [6, 6.07) is 5.80. The summed E-state index contributed by atoms with van der Waals surface area (Å²) >= 11 is 0. The fourth-order valence-corrected chi connectivity index (χ4v) is 5.78. The molecule has 9 heteroatoms. The van der Waals surface area contributed by atoms with Gasteiger partial charge in [-0.2, -0.15) is 0 Å². The second-order valence-electron chi connectivity index (χ2n) is 12.2. The molecule has 0 atom stereocenters. The third kappa shape index (κ3) is 9.29. The van der Waals surface area contributed by atoms with E-state index in [0.29, 0.717) is 0 Å². The molecule has 0 spiro atoms. The Morgan fingerprint density at radius 3 is 1.62 bits per heavy atom. The minimum Gasteiger partial charge on any atom is -0.458 e. The monoisotopic (exact) mass is 544 g/mol. The lowest BCUT2D eigenvalue weighted by atomic mass is 9.83. The number of benzene rings is 1. The number of anilines is 1. The average molecular weight is 545 g/mol. The van der Waals surface area contributed by atoms with E-state index in [1.807, 2.05) is 59.7 Å². The SMILES string of the molecule is Cc1cccc(C)c1NC(=O)CN(CC(=O)OC(C)(C)C1CCNCC1)CC(=O)OC(C)(C)C1CCNCC1. The van der Waals surface area contributed by atoms with Crippen molar-refractivity contribution in [2.45, 2.75) is 78.4 Å². The fourth-order valence-electron chi connectivity index (χ4n) is 5.78. The maximum atomic E-state index is 13.1. The molecule has 0 saturated carbocycles. The van der Waals surface area contributed by atoms with Gasteiger partial charge in [-0.1, -0.05) is 18.2 Å². The topological polar surface area (TPSA) is 109 Å². The van der Waals surface area contributed by atoms with E-state index in [0.717, 1.165) is 68.7 Å². The van der Waals surface area contributed by atoms with Crippen LogP contribution in [0.1, 0.15) is 64.5 Å². The van der Waals surface area contributed by atoms with Crippen molar-refractivity contribution in [3.63, 3.8) is 0 Å². The summed E-state index contributed by atoms with van der Waals surface area (Å²) in [7, 11) is 0. The standard InChI is InChI=1S/C30H48N4O5/c1-21-8-7-9-22(2)28(21)33-25(35)18-34(19-26(36)38-29(3,4)23-10-14-31-15-11-23)20-27(37)39-30(5,6)24-12-16-32-17-13-24/h7-9,23-24,31-32H,10-20H2,1-6H3,(H,33,35). The van der Waals surface area contributed by atoms with Gasteiger partial charge in [0.25, 0.3) is 0 Å². The molecule has 1 amide bonds. The normalized spacial score (nSPS) is 17.6. The van der Waals surface area contributed by atoms with Crippen molar-refractivity contribution in [3.05, 3.63) is 29.3 Å². The zero-order valence-electron chi connectivity index (χ0n) is 24.7. The number of ether oxygens (including phenoxy) is 2. The Hall–Kier alpha value is -2.49. The van der Waals surface area contributed by atoms with E-state index in [-0.39, 0.29) is 37.4 Å². The van der Waals surface area contributed by atoms with Gasteiger partial charge in [0.1, 0.15) is 11.2 Å². The third-order valence-electron chi connectivity index (χ3n) is 8.22. The van der Waals surface area contributed by atoms with E-state index in [4.69, 9.17) is 9.47 Å². The van der Waals surface area contributed by atoms with Gasteiger partial charge in [0.05, 0.1) is 19.6 Å². The van der Waals surface area contributed by atoms with Crippen molar-refractivity contribution in [2.24, 2.45) is 11.8 Å². The van der Waals surface area contributed by atoms with Crippen molar-refractivity contribution in [1.82, 2.24) is 15.5 Å². The summed E-state index contributed by atoms with van der Waals surface area (Å²) < 4.78 is 11.8. The molecule has 0 radical (unpaired) electrons. The fraction of sp³-hybridized carbons (Fsp3) is 0.700. The van der Waals surface area contributed by atoms with E-state index >= 15 is 0 Å². The van der Waals surface area contributed by atoms with Gasteiger partial charge in [-0.3, -0.25) is 19.3 Å². The number of hydrogen-bond donors (Lipinski definition) is 3. The molecule has 3 rings (SSSR count). The number of carbonyl (C=O) groups excluding carboxylic acids is 3. The van der Waals surface area contributed by atoms with E-state index in [2.05, 4.69) is 16.0 Å². The lowest BCUT2D eigenvalue weighted by molar-refractivity contribution is -0.167. The summed E-state index contributed by atoms with van der Waals surface area (Å²) in [5.74, 6) is -0.714. The zero-order chi connectivity index (χ0) is 28.6. The quantitative estimate of drug-likeness (QED) is 0.365. The summed E-state index contributed by atoms with van der Waals surface area (Å²) in [6.07, 6.45) is 3.72. The van der Waals surface area contributed by atoms with Gasteiger partial charge in [-0.25, -0.2) is 0 Å². The number of rotatable bonds is 11. The number of carbonyl (C=O) groups is 3. The largest absolute Gasteiger partial charge is 0.458 e. The number of esters is 2. The molecular weight excluding hydrogens is 496 g/mol. The van der Waals surface area contributed by atoms with Crippen molar-refractivity contribution < 1.29 is 23.9 Å². The number of hydrogen-bond acceptors (Lipinski definition) is 8. The highest BCUT2D eigenvalue weighted by atomic mass is 16.6. The summed E-state index contributed by atoms with van der Waals surface area (Å²) in [5.41, 5.74) is 1.36. The second kappa shape index (κ2) is 13.7. The maximum Gasteiger partial charge on any atom is 0.320 e. The first-order valence-electron chi connectivity index (χ1n) is 14.3. The molecule has 9 nitrogen and oxygen atoms in total. The second-order valence-corrected chi connectivity index (χ2v) is 12.2. The van der Waals surface area contributed by atoms with Crippen LogP contribution in [0.25, 0.3) is 0 Å². The average Bonchev–Trinajstić information content (AvgIpc) is 2.86. The molecule has 0 aliphatic carbocycles. The van der Waals surface area contributed by atoms with Crippen LogP contribution in [0, 0.1) is 25.7 Å². The lowest BCUT2D eigenvalue weighted by Gasteiger charge is -2.38. The molecule has 1 aromatic carbocycles. The molecule has 1 aromatic rings. The Morgan fingerprint density at radius 1 is 0.795 bits per heavy atom. The van der Waals surface area contributed by atoms with E-state index in [1.165, 1.54) is 4.90 Å². The predicted molar refractivity (Wildman–Crippen MR) is 153 cm³/mol. The first-order chi connectivity index (χ1) is 18.4.